The second kappa shape index (κ2) is 12.6. The summed E-state index contributed by atoms with van der Waals surface area (Å²) in [6, 6.07) is 11.4. The Morgan fingerprint density at radius 1 is 1.06 bits per heavy atom. The maximum atomic E-state index is 13.0. The minimum atomic E-state index is -0.421. The lowest BCUT2D eigenvalue weighted by atomic mass is 10.1. The second-order valence-corrected chi connectivity index (χ2v) is 7.66. The first-order valence-corrected chi connectivity index (χ1v) is 10.8. The van der Waals surface area contributed by atoms with Gasteiger partial charge in [-0.05, 0) is 24.1 Å². The first kappa shape index (κ1) is 24.2. The summed E-state index contributed by atoms with van der Waals surface area (Å²) in [6.07, 6.45) is 6.88. The van der Waals surface area contributed by atoms with Gasteiger partial charge in [-0.1, -0.05) is 63.3 Å². The summed E-state index contributed by atoms with van der Waals surface area (Å²) in [6.45, 7) is 2.59. The fourth-order valence-electron chi connectivity index (χ4n) is 3.52. The molecule has 168 valence electrons. The van der Waals surface area contributed by atoms with E-state index in [1.165, 1.54) is 38.5 Å². The van der Waals surface area contributed by atoms with Crippen molar-refractivity contribution >= 4 is 11.6 Å². The molecule has 0 heterocycles. The molecular weight excluding hydrogens is 396 g/mol. The molecule has 7 heteroatoms. The standard InChI is InChI=1S/C24H32N2O5/c1-3-4-5-6-7-8-13-24(28)25(17-19-14-15-22(27)23(16-19)31-2)18-20-11-9-10-12-21(20)26(29)30/h9-12,14-16,27H,3-8,13,17-18H2,1-2H3. The highest BCUT2D eigenvalue weighted by atomic mass is 16.6. The quantitative estimate of drug-likeness (QED) is 0.255. The zero-order valence-corrected chi connectivity index (χ0v) is 18.4. The Balaban J connectivity index is 2.15. The molecule has 2 rings (SSSR count). The Hall–Kier alpha value is -3.09. The minimum absolute atomic E-state index is 0.00292. The zero-order chi connectivity index (χ0) is 22.6. The number of nitro benzene ring substituents is 1. The topological polar surface area (TPSA) is 92.9 Å². The number of nitro groups is 1. The normalized spacial score (nSPS) is 10.6. The number of para-hydroxylation sites is 1. The van der Waals surface area contributed by atoms with Crippen molar-refractivity contribution in [1.82, 2.24) is 4.90 Å². The van der Waals surface area contributed by atoms with E-state index in [1.807, 2.05) is 0 Å². The molecule has 0 radical (unpaired) electrons. The summed E-state index contributed by atoms with van der Waals surface area (Å²) in [5.41, 5.74) is 1.28. The predicted molar refractivity (Wildman–Crippen MR) is 120 cm³/mol. The summed E-state index contributed by atoms with van der Waals surface area (Å²) in [5, 5.41) is 21.2. The summed E-state index contributed by atoms with van der Waals surface area (Å²) in [4.78, 5) is 25.6. The molecule has 1 amide bonds. The number of ether oxygens (including phenoxy) is 1. The Morgan fingerprint density at radius 2 is 1.77 bits per heavy atom. The van der Waals surface area contributed by atoms with Gasteiger partial charge < -0.3 is 14.7 Å². The summed E-state index contributed by atoms with van der Waals surface area (Å²) < 4.78 is 5.17. The highest BCUT2D eigenvalue weighted by Gasteiger charge is 2.20. The average molecular weight is 429 g/mol. The molecule has 0 aromatic heterocycles. The van der Waals surface area contributed by atoms with E-state index >= 15 is 0 Å². The SMILES string of the molecule is CCCCCCCCC(=O)N(Cc1ccc(O)c(OC)c1)Cc1ccccc1[N+](=O)[O-]. The Kier molecular flexibility index (Phi) is 9.81. The number of carbonyl (C=O) groups excluding carboxylic acids is 1. The van der Waals surface area contributed by atoms with Gasteiger partial charge in [0.15, 0.2) is 11.5 Å². The zero-order valence-electron chi connectivity index (χ0n) is 18.4. The van der Waals surface area contributed by atoms with Crippen molar-refractivity contribution < 1.29 is 19.6 Å². The van der Waals surface area contributed by atoms with Crippen molar-refractivity contribution in [2.24, 2.45) is 0 Å². The van der Waals surface area contributed by atoms with E-state index < -0.39 is 4.92 Å². The molecule has 0 aliphatic rings. The van der Waals surface area contributed by atoms with Crippen LogP contribution in [0.4, 0.5) is 5.69 Å². The number of rotatable bonds is 13. The maximum absolute atomic E-state index is 13.0. The van der Waals surface area contributed by atoms with Crippen molar-refractivity contribution in [2.45, 2.75) is 65.0 Å². The van der Waals surface area contributed by atoms with E-state index in [4.69, 9.17) is 4.74 Å². The molecule has 0 bridgehead atoms. The van der Waals surface area contributed by atoms with Crippen LogP contribution in [0.3, 0.4) is 0 Å². The molecule has 2 aromatic rings. The van der Waals surface area contributed by atoms with Gasteiger partial charge in [0.05, 0.1) is 18.6 Å². The van der Waals surface area contributed by atoms with Crippen molar-refractivity contribution in [3.63, 3.8) is 0 Å². The largest absolute Gasteiger partial charge is 0.504 e. The average Bonchev–Trinajstić information content (AvgIpc) is 2.77. The molecule has 1 N–H and O–H groups in total. The lowest BCUT2D eigenvalue weighted by Crippen LogP contribution is -2.30. The molecule has 0 saturated carbocycles. The molecule has 31 heavy (non-hydrogen) atoms. The number of phenolic OH excluding ortho intramolecular Hbond substituents is 1. The number of hydrogen-bond donors (Lipinski definition) is 1. The number of carbonyl (C=O) groups is 1. The third-order valence-electron chi connectivity index (χ3n) is 5.26. The van der Waals surface area contributed by atoms with E-state index in [9.17, 15) is 20.0 Å². The smallest absolute Gasteiger partial charge is 0.274 e. The van der Waals surface area contributed by atoms with Crippen LogP contribution in [0.5, 0.6) is 11.5 Å². The summed E-state index contributed by atoms with van der Waals surface area (Å²) in [7, 11) is 1.47. The summed E-state index contributed by atoms with van der Waals surface area (Å²) >= 11 is 0. The number of unbranched alkanes of at least 4 members (excludes halogenated alkanes) is 5. The van der Waals surface area contributed by atoms with Crippen LogP contribution in [-0.4, -0.2) is 27.9 Å². The van der Waals surface area contributed by atoms with E-state index in [0.717, 1.165) is 24.8 Å². The maximum Gasteiger partial charge on any atom is 0.274 e. The number of aromatic hydroxyl groups is 1. The molecule has 0 aliphatic carbocycles. The van der Waals surface area contributed by atoms with Gasteiger partial charge in [0.25, 0.3) is 5.69 Å². The third-order valence-corrected chi connectivity index (χ3v) is 5.26. The van der Waals surface area contributed by atoms with Crippen molar-refractivity contribution in [1.29, 1.82) is 0 Å². The molecule has 7 nitrogen and oxygen atoms in total. The number of hydrogen-bond acceptors (Lipinski definition) is 5. The number of phenols is 1. The van der Waals surface area contributed by atoms with Gasteiger partial charge in [-0.25, -0.2) is 0 Å². The molecule has 0 aliphatic heterocycles. The highest BCUT2D eigenvalue weighted by Crippen LogP contribution is 2.28. The van der Waals surface area contributed by atoms with E-state index in [1.54, 1.807) is 35.2 Å². The van der Waals surface area contributed by atoms with Crippen LogP contribution < -0.4 is 4.74 Å². The molecule has 0 saturated heterocycles. The van der Waals surface area contributed by atoms with Gasteiger partial charge in [0.2, 0.25) is 5.91 Å². The van der Waals surface area contributed by atoms with Gasteiger partial charge in [-0.3, -0.25) is 14.9 Å². The monoisotopic (exact) mass is 428 g/mol. The van der Waals surface area contributed by atoms with Gasteiger partial charge >= 0.3 is 0 Å². The first-order chi connectivity index (χ1) is 15.0. The lowest BCUT2D eigenvalue weighted by molar-refractivity contribution is -0.385. The Bertz CT molecular complexity index is 869. The molecule has 0 spiro atoms. The molecule has 0 unspecified atom stereocenters. The molecular formula is C24H32N2O5. The van der Waals surface area contributed by atoms with Crippen LogP contribution in [0.1, 0.15) is 63.0 Å². The van der Waals surface area contributed by atoms with E-state index in [2.05, 4.69) is 6.92 Å². The number of methoxy groups -OCH3 is 1. The van der Waals surface area contributed by atoms with Crippen LogP contribution in [0.25, 0.3) is 0 Å². The minimum Gasteiger partial charge on any atom is -0.504 e. The highest BCUT2D eigenvalue weighted by molar-refractivity contribution is 5.76. The predicted octanol–water partition coefficient (Wildman–Crippen LogP) is 5.59. The number of amides is 1. The van der Waals surface area contributed by atoms with E-state index in [0.29, 0.717) is 17.7 Å². The van der Waals surface area contributed by atoms with E-state index in [-0.39, 0.29) is 30.4 Å². The van der Waals surface area contributed by atoms with Crippen LogP contribution in [0.2, 0.25) is 0 Å². The summed E-state index contributed by atoms with van der Waals surface area (Å²) in [5.74, 6) is 0.308. The van der Waals surface area contributed by atoms with Crippen LogP contribution >= 0.6 is 0 Å². The fourth-order valence-corrected chi connectivity index (χ4v) is 3.52. The first-order valence-electron chi connectivity index (χ1n) is 10.8. The van der Waals surface area contributed by atoms with Crippen molar-refractivity contribution in [2.75, 3.05) is 7.11 Å². The lowest BCUT2D eigenvalue weighted by Gasteiger charge is -2.23. The van der Waals surface area contributed by atoms with Crippen LogP contribution in [-0.2, 0) is 17.9 Å². The van der Waals surface area contributed by atoms with Crippen LogP contribution in [0.15, 0.2) is 42.5 Å². The number of benzene rings is 2. The molecule has 2 aromatic carbocycles. The Morgan fingerprint density at radius 3 is 2.48 bits per heavy atom. The van der Waals surface area contributed by atoms with Gasteiger partial charge in [-0.2, -0.15) is 0 Å². The second-order valence-electron chi connectivity index (χ2n) is 7.66. The third kappa shape index (κ3) is 7.59. The van der Waals surface area contributed by atoms with Crippen molar-refractivity contribution in [3.8, 4) is 11.5 Å². The fraction of sp³-hybridized carbons (Fsp3) is 0.458. The molecule has 0 fully saturated rings. The van der Waals surface area contributed by atoms with Gasteiger partial charge in [0.1, 0.15) is 0 Å². The van der Waals surface area contributed by atoms with Gasteiger partial charge in [-0.15, -0.1) is 0 Å². The van der Waals surface area contributed by atoms with Crippen molar-refractivity contribution in [3.05, 3.63) is 63.7 Å². The van der Waals surface area contributed by atoms with Gasteiger partial charge in [0, 0.05) is 24.6 Å². The molecule has 0 atom stereocenters. The Labute approximate surface area is 183 Å². The van der Waals surface area contributed by atoms with Crippen LogP contribution in [0, 0.1) is 10.1 Å². The number of nitrogens with zero attached hydrogens (tertiary/aromatic N) is 2.